The maximum atomic E-state index is 4.65. The lowest BCUT2D eigenvalue weighted by Gasteiger charge is -2.17. The van der Waals surface area contributed by atoms with E-state index >= 15 is 0 Å². The van der Waals surface area contributed by atoms with Crippen molar-refractivity contribution >= 4 is 17.3 Å². The van der Waals surface area contributed by atoms with E-state index in [1.165, 1.54) is 30.6 Å². The van der Waals surface area contributed by atoms with Crippen LogP contribution in [0.5, 0.6) is 0 Å². The van der Waals surface area contributed by atoms with Crippen LogP contribution in [0, 0.1) is 6.92 Å². The number of hydrogen-bond donors (Lipinski definition) is 2. The minimum atomic E-state index is 0.460. The molecule has 114 valence electrons. The van der Waals surface area contributed by atoms with Gasteiger partial charge >= 0.3 is 0 Å². The van der Waals surface area contributed by atoms with Gasteiger partial charge in [0.25, 0.3) is 0 Å². The highest BCUT2D eigenvalue weighted by Gasteiger charge is 2.06. The van der Waals surface area contributed by atoms with Gasteiger partial charge < -0.3 is 10.6 Å². The maximum Gasteiger partial charge on any atom is 0.191 e. The van der Waals surface area contributed by atoms with Gasteiger partial charge in [0, 0.05) is 17.5 Å². The zero-order chi connectivity index (χ0) is 14.8. The third-order valence-corrected chi connectivity index (χ3v) is 4.11. The van der Waals surface area contributed by atoms with Crippen molar-refractivity contribution in [2.24, 2.45) is 4.99 Å². The summed E-state index contributed by atoms with van der Waals surface area (Å²) >= 11 is 1.67. The van der Waals surface area contributed by atoms with Gasteiger partial charge in [0.15, 0.2) is 5.96 Å². The fourth-order valence-electron chi connectivity index (χ4n) is 1.95. The van der Waals surface area contributed by atoms with E-state index in [-0.39, 0.29) is 0 Å². The number of nitrogens with one attached hydrogen (secondary N) is 2. The van der Waals surface area contributed by atoms with Gasteiger partial charge in [-0.1, -0.05) is 26.2 Å². The Labute approximate surface area is 127 Å². The van der Waals surface area contributed by atoms with Crippen LogP contribution in [0.3, 0.4) is 0 Å². The average Bonchev–Trinajstić information content (AvgIpc) is 2.82. The van der Waals surface area contributed by atoms with Crippen LogP contribution in [0.4, 0.5) is 0 Å². The van der Waals surface area contributed by atoms with Gasteiger partial charge in [-0.25, -0.2) is 9.98 Å². The topological polar surface area (TPSA) is 49.3 Å². The molecule has 1 aromatic rings. The van der Waals surface area contributed by atoms with E-state index in [0.717, 1.165) is 18.2 Å². The van der Waals surface area contributed by atoms with Gasteiger partial charge in [0.2, 0.25) is 0 Å². The second kappa shape index (κ2) is 9.75. The van der Waals surface area contributed by atoms with Crippen molar-refractivity contribution in [2.75, 3.05) is 6.54 Å². The van der Waals surface area contributed by atoms with Gasteiger partial charge in [-0.05, 0) is 27.2 Å². The molecule has 0 aromatic carbocycles. The lowest BCUT2D eigenvalue weighted by molar-refractivity contribution is 0.547. The van der Waals surface area contributed by atoms with Crippen LogP contribution in [-0.4, -0.2) is 23.5 Å². The SMILES string of the molecule is CCCCCC(C)NC(=NCc1scnc1C)NCC. The Hall–Kier alpha value is -1.10. The third kappa shape index (κ3) is 6.37. The van der Waals surface area contributed by atoms with Crippen molar-refractivity contribution < 1.29 is 0 Å². The molecule has 1 unspecified atom stereocenters. The van der Waals surface area contributed by atoms with E-state index in [1.54, 1.807) is 11.3 Å². The molecular weight excluding hydrogens is 268 g/mol. The van der Waals surface area contributed by atoms with E-state index < -0.39 is 0 Å². The second-order valence-electron chi connectivity index (χ2n) is 5.10. The fraction of sp³-hybridized carbons (Fsp3) is 0.733. The molecule has 1 heterocycles. The smallest absolute Gasteiger partial charge is 0.191 e. The number of nitrogens with zero attached hydrogens (tertiary/aromatic N) is 2. The summed E-state index contributed by atoms with van der Waals surface area (Å²) in [7, 11) is 0. The lowest BCUT2D eigenvalue weighted by atomic mass is 10.1. The zero-order valence-corrected chi connectivity index (χ0v) is 14.0. The molecule has 5 heteroatoms. The fourth-order valence-corrected chi connectivity index (χ4v) is 2.66. The molecule has 0 spiro atoms. The number of aryl methyl sites for hydroxylation is 1. The number of aromatic nitrogens is 1. The highest BCUT2D eigenvalue weighted by Crippen LogP contribution is 2.13. The zero-order valence-electron chi connectivity index (χ0n) is 13.2. The Morgan fingerprint density at radius 1 is 1.40 bits per heavy atom. The molecule has 0 aliphatic heterocycles. The normalized spacial score (nSPS) is 13.3. The summed E-state index contributed by atoms with van der Waals surface area (Å²) in [5, 5.41) is 6.79. The van der Waals surface area contributed by atoms with Crippen LogP contribution in [0.15, 0.2) is 10.5 Å². The van der Waals surface area contributed by atoms with Crippen LogP contribution >= 0.6 is 11.3 Å². The predicted molar refractivity (Wildman–Crippen MR) is 88.4 cm³/mol. The Kier molecular flexibility index (Phi) is 8.26. The highest BCUT2D eigenvalue weighted by atomic mass is 32.1. The average molecular weight is 296 g/mol. The van der Waals surface area contributed by atoms with Crippen LogP contribution in [-0.2, 0) is 6.54 Å². The lowest BCUT2D eigenvalue weighted by Crippen LogP contribution is -2.42. The molecule has 0 aliphatic carbocycles. The number of thiazole rings is 1. The standard InChI is InChI=1S/C15H28N4S/c1-5-7-8-9-12(3)19-15(16-6-2)17-10-14-13(4)18-11-20-14/h11-12H,5-10H2,1-4H3,(H2,16,17,19). The number of rotatable bonds is 8. The first-order valence-electron chi connectivity index (χ1n) is 7.61. The summed E-state index contributed by atoms with van der Waals surface area (Å²) in [5.41, 5.74) is 2.97. The van der Waals surface area contributed by atoms with Gasteiger partial charge in [-0.2, -0.15) is 0 Å². The summed E-state index contributed by atoms with van der Waals surface area (Å²) in [6.07, 6.45) is 5.04. The molecule has 20 heavy (non-hydrogen) atoms. The maximum absolute atomic E-state index is 4.65. The molecule has 0 aliphatic rings. The van der Waals surface area contributed by atoms with E-state index in [9.17, 15) is 0 Å². The largest absolute Gasteiger partial charge is 0.357 e. The summed E-state index contributed by atoms with van der Waals surface area (Å²) < 4.78 is 0. The van der Waals surface area contributed by atoms with Gasteiger partial charge in [0.05, 0.1) is 17.7 Å². The predicted octanol–water partition coefficient (Wildman–Crippen LogP) is 3.48. The summed E-state index contributed by atoms with van der Waals surface area (Å²) in [6, 6.07) is 0.460. The molecule has 0 amide bonds. The molecule has 0 bridgehead atoms. The Bertz CT molecular complexity index is 400. The van der Waals surface area contributed by atoms with Crippen molar-refractivity contribution in [3.8, 4) is 0 Å². The minimum absolute atomic E-state index is 0.460. The Morgan fingerprint density at radius 2 is 2.20 bits per heavy atom. The molecule has 0 saturated carbocycles. The number of aliphatic imine (C=N–C) groups is 1. The Balaban J connectivity index is 2.48. The molecule has 4 nitrogen and oxygen atoms in total. The molecule has 1 rings (SSSR count). The molecule has 0 saturated heterocycles. The summed E-state index contributed by atoms with van der Waals surface area (Å²) in [5.74, 6) is 0.907. The van der Waals surface area contributed by atoms with Gasteiger partial charge in [0.1, 0.15) is 0 Å². The van der Waals surface area contributed by atoms with Crippen LogP contribution < -0.4 is 10.6 Å². The number of unbranched alkanes of at least 4 members (excludes halogenated alkanes) is 2. The summed E-state index contributed by atoms with van der Waals surface area (Å²) in [4.78, 5) is 10.1. The van der Waals surface area contributed by atoms with Crippen molar-refractivity contribution in [3.63, 3.8) is 0 Å². The summed E-state index contributed by atoms with van der Waals surface area (Å²) in [6.45, 7) is 10.2. The molecule has 2 N–H and O–H groups in total. The molecule has 0 fully saturated rings. The molecule has 1 aromatic heterocycles. The monoisotopic (exact) mass is 296 g/mol. The van der Waals surface area contributed by atoms with Crippen molar-refractivity contribution in [1.29, 1.82) is 0 Å². The number of hydrogen-bond acceptors (Lipinski definition) is 3. The Morgan fingerprint density at radius 3 is 2.80 bits per heavy atom. The van der Waals surface area contributed by atoms with E-state index in [1.807, 2.05) is 12.4 Å². The minimum Gasteiger partial charge on any atom is -0.357 e. The van der Waals surface area contributed by atoms with Gasteiger partial charge in [-0.3, -0.25) is 0 Å². The first-order chi connectivity index (χ1) is 9.67. The first-order valence-corrected chi connectivity index (χ1v) is 8.49. The van der Waals surface area contributed by atoms with E-state index in [2.05, 4.69) is 41.4 Å². The van der Waals surface area contributed by atoms with E-state index in [0.29, 0.717) is 12.6 Å². The quantitative estimate of drug-likeness (QED) is 0.439. The van der Waals surface area contributed by atoms with Crippen molar-refractivity contribution in [3.05, 3.63) is 16.1 Å². The first kappa shape index (κ1) is 17.0. The van der Waals surface area contributed by atoms with Gasteiger partial charge in [-0.15, -0.1) is 11.3 Å². The molecular formula is C15H28N4S. The highest BCUT2D eigenvalue weighted by molar-refractivity contribution is 7.09. The van der Waals surface area contributed by atoms with Crippen LogP contribution in [0.1, 0.15) is 57.0 Å². The number of guanidine groups is 1. The van der Waals surface area contributed by atoms with Crippen LogP contribution in [0.2, 0.25) is 0 Å². The van der Waals surface area contributed by atoms with Crippen LogP contribution in [0.25, 0.3) is 0 Å². The molecule has 1 atom stereocenters. The third-order valence-electron chi connectivity index (χ3n) is 3.19. The van der Waals surface area contributed by atoms with Crippen molar-refractivity contribution in [1.82, 2.24) is 15.6 Å². The van der Waals surface area contributed by atoms with E-state index in [4.69, 9.17) is 0 Å². The van der Waals surface area contributed by atoms with Crippen molar-refractivity contribution in [2.45, 2.75) is 66.0 Å². The second-order valence-corrected chi connectivity index (χ2v) is 6.04. The molecule has 0 radical (unpaired) electrons.